The first kappa shape index (κ1) is 19.3. The highest BCUT2D eigenvalue weighted by molar-refractivity contribution is 7.17. The molecule has 0 spiro atoms. The molecule has 8 nitrogen and oxygen atoms in total. The Hall–Kier alpha value is -2.68. The number of amides is 3. The van der Waals surface area contributed by atoms with Crippen LogP contribution in [0.4, 0.5) is 5.00 Å². The van der Waals surface area contributed by atoms with Gasteiger partial charge in [-0.1, -0.05) is 5.16 Å². The van der Waals surface area contributed by atoms with Crippen LogP contribution in [0.25, 0.3) is 0 Å². The van der Waals surface area contributed by atoms with Crippen LogP contribution < -0.4 is 4.90 Å². The quantitative estimate of drug-likeness (QED) is 0.743. The van der Waals surface area contributed by atoms with Gasteiger partial charge in [0.1, 0.15) is 17.3 Å². The average Bonchev–Trinajstić information content (AvgIpc) is 3.35. The van der Waals surface area contributed by atoms with Gasteiger partial charge in [0.25, 0.3) is 5.91 Å². The summed E-state index contributed by atoms with van der Waals surface area (Å²) in [4.78, 5) is 44.8. The molecule has 158 valence electrons. The fourth-order valence-electron chi connectivity index (χ4n) is 4.18. The van der Waals surface area contributed by atoms with E-state index in [-0.39, 0.29) is 30.7 Å². The topological polar surface area (TPSA) is 87.0 Å². The molecule has 0 saturated heterocycles. The second kappa shape index (κ2) is 7.23. The van der Waals surface area contributed by atoms with Crippen LogP contribution in [0.1, 0.15) is 45.1 Å². The molecular weight excluding hydrogens is 404 g/mol. The summed E-state index contributed by atoms with van der Waals surface area (Å²) in [5, 5.41) is 4.61. The molecule has 1 aliphatic carbocycles. The highest BCUT2D eigenvalue weighted by atomic mass is 32.1. The number of thiophene rings is 1. The van der Waals surface area contributed by atoms with Crippen molar-refractivity contribution in [3.63, 3.8) is 0 Å². The third-order valence-corrected chi connectivity index (χ3v) is 7.25. The standard InChI is InChI=1S/C21H24N4O4S/c1-12-7-14(29-22-12)8-17(26)24-6-5-15-16(10-24)30-21-19(15)20(28)23(2)11-18(27)25(21)9-13-3-4-13/h7,13H,3-6,8-11H2,1-2H3. The molecule has 3 amide bonds. The Balaban J connectivity index is 1.43. The van der Waals surface area contributed by atoms with E-state index in [4.69, 9.17) is 4.52 Å². The van der Waals surface area contributed by atoms with Crippen LogP contribution in [0, 0.1) is 12.8 Å². The van der Waals surface area contributed by atoms with Crippen LogP contribution in [-0.2, 0) is 29.0 Å². The maximum Gasteiger partial charge on any atom is 0.257 e. The third kappa shape index (κ3) is 3.40. The van der Waals surface area contributed by atoms with Gasteiger partial charge in [0.05, 0.1) is 24.2 Å². The van der Waals surface area contributed by atoms with E-state index in [0.717, 1.165) is 34.0 Å². The maximum atomic E-state index is 13.1. The van der Waals surface area contributed by atoms with Crippen LogP contribution in [0.2, 0.25) is 0 Å². The molecule has 2 aliphatic heterocycles. The summed E-state index contributed by atoms with van der Waals surface area (Å²) in [5.41, 5.74) is 2.42. The largest absolute Gasteiger partial charge is 0.361 e. The lowest BCUT2D eigenvalue weighted by Gasteiger charge is -2.27. The zero-order valence-corrected chi connectivity index (χ0v) is 18.0. The van der Waals surface area contributed by atoms with Crippen molar-refractivity contribution in [3.8, 4) is 0 Å². The molecule has 0 N–H and O–H groups in total. The van der Waals surface area contributed by atoms with Crippen LogP contribution in [-0.4, -0.2) is 59.4 Å². The number of likely N-dealkylation sites (N-methyl/N-ethyl adjacent to an activating group) is 1. The molecule has 4 heterocycles. The molecule has 0 atom stereocenters. The highest BCUT2D eigenvalue weighted by Gasteiger charge is 2.39. The van der Waals surface area contributed by atoms with E-state index < -0.39 is 0 Å². The molecule has 30 heavy (non-hydrogen) atoms. The molecule has 9 heteroatoms. The van der Waals surface area contributed by atoms with Gasteiger partial charge < -0.3 is 19.2 Å². The van der Waals surface area contributed by atoms with Crippen LogP contribution in [0.15, 0.2) is 10.6 Å². The van der Waals surface area contributed by atoms with E-state index in [1.54, 1.807) is 18.0 Å². The minimum absolute atomic E-state index is 0.0187. The summed E-state index contributed by atoms with van der Waals surface area (Å²) >= 11 is 1.50. The summed E-state index contributed by atoms with van der Waals surface area (Å²) in [7, 11) is 1.69. The van der Waals surface area contributed by atoms with Crippen molar-refractivity contribution < 1.29 is 18.9 Å². The molecule has 2 aromatic heterocycles. The molecule has 1 saturated carbocycles. The van der Waals surface area contributed by atoms with Gasteiger partial charge in [-0.2, -0.15) is 0 Å². The Morgan fingerprint density at radius 3 is 2.80 bits per heavy atom. The van der Waals surface area contributed by atoms with Crippen molar-refractivity contribution >= 4 is 34.1 Å². The lowest BCUT2D eigenvalue weighted by atomic mass is 10.0. The summed E-state index contributed by atoms with van der Waals surface area (Å²) in [5.74, 6) is 0.954. The number of anilines is 1. The number of aromatic nitrogens is 1. The number of carbonyl (C=O) groups excluding carboxylic acids is 3. The number of hydrogen-bond acceptors (Lipinski definition) is 6. The van der Waals surface area contributed by atoms with E-state index in [0.29, 0.717) is 43.3 Å². The fourth-order valence-corrected chi connectivity index (χ4v) is 5.56. The van der Waals surface area contributed by atoms with E-state index in [9.17, 15) is 14.4 Å². The van der Waals surface area contributed by atoms with Crippen molar-refractivity contribution in [2.24, 2.45) is 5.92 Å². The van der Waals surface area contributed by atoms with E-state index in [2.05, 4.69) is 5.16 Å². The second-order valence-corrected chi connectivity index (χ2v) is 9.55. The lowest BCUT2D eigenvalue weighted by molar-refractivity contribution is -0.131. The summed E-state index contributed by atoms with van der Waals surface area (Å²) < 4.78 is 5.18. The van der Waals surface area contributed by atoms with Crippen LogP contribution >= 0.6 is 11.3 Å². The summed E-state index contributed by atoms with van der Waals surface area (Å²) in [6.07, 6.45) is 3.07. The molecule has 0 radical (unpaired) electrons. The van der Waals surface area contributed by atoms with E-state index in [1.807, 2.05) is 11.8 Å². The van der Waals surface area contributed by atoms with E-state index >= 15 is 0 Å². The maximum absolute atomic E-state index is 13.1. The predicted molar refractivity (Wildman–Crippen MR) is 110 cm³/mol. The number of fused-ring (bicyclic) bond motifs is 3. The lowest BCUT2D eigenvalue weighted by Crippen LogP contribution is -2.39. The van der Waals surface area contributed by atoms with Gasteiger partial charge in [0, 0.05) is 31.1 Å². The Morgan fingerprint density at radius 2 is 2.10 bits per heavy atom. The molecule has 0 unspecified atom stereocenters. The van der Waals surface area contributed by atoms with Gasteiger partial charge in [0.2, 0.25) is 11.8 Å². The minimum atomic E-state index is -0.0916. The first-order chi connectivity index (χ1) is 14.4. The number of hydrogen-bond donors (Lipinski definition) is 0. The third-order valence-electron chi connectivity index (χ3n) is 6.01. The Morgan fingerprint density at radius 1 is 1.30 bits per heavy atom. The second-order valence-electron chi connectivity index (χ2n) is 8.47. The minimum Gasteiger partial charge on any atom is -0.361 e. The summed E-state index contributed by atoms with van der Waals surface area (Å²) in [6.45, 7) is 3.63. The van der Waals surface area contributed by atoms with Gasteiger partial charge in [-0.25, -0.2) is 0 Å². The molecule has 2 aromatic rings. The number of carbonyl (C=O) groups is 3. The summed E-state index contributed by atoms with van der Waals surface area (Å²) in [6, 6.07) is 1.77. The van der Waals surface area contributed by atoms with E-state index in [1.165, 1.54) is 16.2 Å². The van der Waals surface area contributed by atoms with Crippen molar-refractivity contribution in [1.82, 2.24) is 15.0 Å². The highest BCUT2D eigenvalue weighted by Crippen LogP contribution is 2.43. The van der Waals surface area contributed by atoms with Crippen molar-refractivity contribution in [2.45, 2.75) is 39.2 Å². The first-order valence-electron chi connectivity index (χ1n) is 10.3. The van der Waals surface area contributed by atoms with Gasteiger partial charge in [0.15, 0.2) is 0 Å². The van der Waals surface area contributed by atoms with Gasteiger partial charge in [-0.3, -0.25) is 14.4 Å². The zero-order chi connectivity index (χ0) is 21.0. The van der Waals surface area contributed by atoms with Gasteiger partial charge in [-0.15, -0.1) is 11.3 Å². The Kier molecular flexibility index (Phi) is 4.65. The SMILES string of the molecule is Cc1cc(CC(=O)N2CCc3c(sc4c3C(=O)N(C)CC(=O)N4CC3CC3)C2)on1. The first-order valence-corrected chi connectivity index (χ1v) is 11.1. The normalized spacial score (nSPS) is 19.1. The van der Waals surface area contributed by atoms with Crippen molar-refractivity contribution in [3.05, 3.63) is 33.5 Å². The monoisotopic (exact) mass is 428 g/mol. The van der Waals surface area contributed by atoms with Crippen LogP contribution in [0.5, 0.6) is 0 Å². The number of nitrogens with zero attached hydrogens (tertiary/aromatic N) is 4. The Bertz CT molecular complexity index is 1040. The van der Waals surface area contributed by atoms with Gasteiger partial charge in [-0.05, 0) is 37.7 Å². The molecule has 3 aliphatic rings. The van der Waals surface area contributed by atoms with Crippen molar-refractivity contribution in [1.29, 1.82) is 0 Å². The fraction of sp³-hybridized carbons (Fsp3) is 0.524. The van der Waals surface area contributed by atoms with Gasteiger partial charge >= 0.3 is 0 Å². The predicted octanol–water partition coefficient (Wildman–Crippen LogP) is 2.00. The van der Waals surface area contributed by atoms with Crippen LogP contribution in [0.3, 0.4) is 0 Å². The average molecular weight is 429 g/mol. The smallest absolute Gasteiger partial charge is 0.257 e. The molecular formula is C21H24N4O4S. The molecule has 0 bridgehead atoms. The Labute approximate surface area is 178 Å². The number of rotatable bonds is 4. The zero-order valence-electron chi connectivity index (χ0n) is 17.1. The van der Waals surface area contributed by atoms with Crippen molar-refractivity contribution in [2.75, 3.05) is 31.6 Å². The molecule has 0 aromatic carbocycles. The molecule has 5 rings (SSSR count). The number of aryl methyl sites for hydroxylation is 1. The molecule has 1 fully saturated rings.